The van der Waals surface area contributed by atoms with Gasteiger partial charge in [-0.15, -0.1) is 11.3 Å². The number of ether oxygens (including phenoxy) is 1. The first-order valence-electron chi connectivity index (χ1n) is 15.2. The molecule has 2 aromatic heterocycles. The van der Waals surface area contributed by atoms with Crippen molar-refractivity contribution in [3.8, 4) is 5.75 Å². The summed E-state index contributed by atoms with van der Waals surface area (Å²) in [6, 6.07) is 18.9. The minimum absolute atomic E-state index is 0.0699. The van der Waals surface area contributed by atoms with Crippen molar-refractivity contribution in [2.45, 2.75) is 45.6 Å². The number of carboxylic acid groups (broad SMARTS) is 1. The second kappa shape index (κ2) is 14.5. The third-order valence-corrected chi connectivity index (χ3v) is 8.93. The molecule has 4 aromatic rings. The molecule has 240 valence electrons. The molecule has 1 fully saturated rings. The smallest absolute Gasteiger partial charge is 0.300 e. The molecule has 12 heteroatoms. The largest absolute Gasteiger partial charge is 0.494 e. The van der Waals surface area contributed by atoms with Gasteiger partial charge in [0.2, 0.25) is 5.91 Å². The van der Waals surface area contributed by atoms with Crippen molar-refractivity contribution in [2.75, 3.05) is 32.8 Å². The average molecular weight is 644 g/mol. The molecule has 11 nitrogen and oxygen atoms in total. The highest BCUT2D eigenvalue weighted by atomic mass is 32.1. The summed E-state index contributed by atoms with van der Waals surface area (Å²) in [5.41, 5.74) is 2.79. The summed E-state index contributed by atoms with van der Waals surface area (Å²) in [5, 5.41) is 12.4. The minimum atomic E-state index is -0.833. The number of carbonyl (C=O) groups is 4. The summed E-state index contributed by atoms with van der Waals surface area (Å²) in [5.74, 6) is -0.853. The first-order valence-corrected chi connectivity index (χ1v) is 16.0. The van der Waals surface area contributed by atoms with Crippen molar-refractivity contribution in [1.82, 2.24) is 25.1 Å². The minimum Gasteiger partial charge on any atom is -0.494 e. The van der Waals surface area contributed by atoms with E-state index >= 15 is 0 Å². The number of benzene rings is 2. The molecule has 0 spiro atoms. The predicted molar refractivity (Wildman–Crippen MR) is 174 cm³/mol. The van der Waals surface area contributed by atoms with Crippen LogP contribution >= 0.6 is 11.3 Å². The van der Waals surface area contributed by atoms with Gasteiger partial charge in [0.15, 0.2) is 0 Å². The van der Waals surface area contributed by atoms with Crippen LogP contribution in [0.15, 0.2) is 60.7 Å². The van der Waals surface area contributed by atoms with Gasteiger partial charge in [-0.3, -0.25) is 19.2 Å². The Morgan fingerprint density at radius 1 is 0.957 bits per heavy atom. The fourth-order valence-electron chi connectivity index (χ4n) is 5.78. The van der Waals surface area contributed by atoms with E-state index in [4.69, 9.17) is 14.6 Å². The molecule has 2 bridgehead atoms. The molecule has 0 aliphatic carbocycles. The summed E-state index contributed by atoms with van der Waals surface area (Å²) in [6.45, 7) is 6.39. The normalized spacial score (nSPS) is 18.4. The fraction of sp³-hybridized carbons (Fsp3) is 0.353. The topological polar surface area (TPSA) is 142 Å². The van der Waals surface area contributed by atoms with Crippen LogP contribution in [0.1, 0.15) is 62.1 Å². The number of aryl methyl sites for hydroxylation is 2. The number of rotatable bonds is 2. The first kappa shape index (κ1) is 32.6. The molecule has 1 saturated heterocycles. The zero-order valence-corrected chi connectivity index (χ0v) is 26.9. The Kier molecular flexibility index (Phi) is 10.3. The third kappa shape index (κ3) is 7.86. The lowest BCUT2D eigenvalue weighted by atomic mass is 9.94. The van der Waals surface area contributed by atoms with Crippen molar-refractivity contribution in [3.63, 3.8) is 0 Å². The van der Waals surface area contributed by atoms with Crippen LogP contribution in [-0.2, 0) is 9.59 Å². The van der Waals surface area contributed by atoms with Gasteiger partial charge in [0.05, 0.1) is 35.4 Å². The number of fused-ring (bicyclic) bond motifs is 5. The number of hydrogen-bond donors (Lipinski definition) is 2. The van der Waals surface area contributed by atoms with E-state index in [1.807, 2.05) is 68.4 Å². The molecule has 2 aromatic carbocycles. The second-order valence-electron chi connectivity index (χ2n) is 11.4. The predicted octanol–water partition coefficient (Wildman–Crippen LogP) is 4.44. The molecule has 6 rings (SSSR count). The molecule has 2 N–H and O–H groups in total. The van der Waals surface area contributed by atoms with Gasteiger partial charge in [0, 0.05) is 37.9 Å². The number of thiazole rings is 1. The lowest BCUT2D eigenvalue weighted by Gasteiger charge is -2.25. The van der Waals surface area contributed by atoms with Crippen molar-refractivity contribution < 1.29 is 29.0 Å². The molecule has 3 amide bonds. The third-order valence-electron chi connectivity index (χ3n) is 7.87. The van der Waals surface area contributed by atoms with E-state index in [0.29, 0.717) is 48.9 Å². The van der Waals surface area contributed by atoms with E-state index in [1.54, 1.807) is 15.9 Å². The number of nitrogens with zero attached hydrogens (tertiary/aromatic N) is 4. The van der Waals surface area contributed by atoms with Crippen LogP contribution in [-0.4, -0.2) is 87.4 Å². The molecule has 4 heterocycles. The number of para-hydroxylation sites is 1. The molecule has 0 radical (unpaired) electrons. The number of amides is 3. The van der Waals surface area contributed by atoms with Gasteiger partial charge in [-0.05, 0) is 56.5 Å². The zero-order chi connectivity index (χ0) is 32.8. The molecule has 2 aliphatic heterocycles. The monoisotopic (exact) mass is 643 g/mol. The van der Waals surface area contributed by atoms with Crippen LogP contribution in [0.2, 0.25) is 0 Å². The number of carbonyl (C=O) groups excluding carboxylic acids is 3. The lowest BCUT2D eigenvalue weighted by Crippen LogP contribution is -2.47. The SMILES string of the molecule is CC(=O)O.Cc1nc(C)c(C(=O)N2CCCCOc3cccc(c3)[C@H]3CN(C(=O)c4ccc5ccccc5n4)C[C@@H]3NC(=O)C2)s1. The number of likely N-dealkylation sites (tertiary alicyclic amines) is 1. The van der Waals surface area contributed by atoms with Crippen molar-refractivity contribution in [3.05, 3.63) is 87.5 Å². The second-order valence-corrected chi connectivity index (χ2v) is 12.6. The molecular weight excluding hydrogens is 606 g/mol. The molecule has 2 atom stereocenters. The molecule has 46 heavy (non-hydrogen) atoms. The molecule has 0 unspecified atom stereocenters. The number of pyridine rings is 1. The zero-order valence-electron chi connectivity index (χ0n) is 26.1. The van der Waals surface area contributed by atoms with Gasteiger partial charge >= 0.3 is 0 Å². The van der Waals surface area contributed by atoms with Crippen LogP contribution in [0.5, 0.6) is 5.75 Å². The lowest BCUT2D eigenvalue weighted by molar-refractivity contribution is -0.134. The van der Waals surface area contributed by atoms with E-state index < -0.39 is 5.97 Å². The highest BCUT2D eigenvalue weighted by Crippen LogP contribution is 2.31. The van der Waals surface area contributed by atoms with E-state index in [1.165, 1.54) is 11.3 Å². The highest BCUT2D eigenvalue weighted by Gasteiger charge is 2.38. The number of nitrogens with one attached hydrogen (secondary N) is 1. The Balaban J connectivity index is 0.000000985. The number of hydrogen-bond acceptors (Lipinski definition) is 8. The van der Waals surface area contributed by atoms with Gasteiger partial charge in [0.1, 0.15) is 16.3 Å². The molecule has 2 aliphatic rings. The summed E-state index contributed by atoms with van der Waals surface area (Å²) >= 11 is 1.35. The van der Waals surface area contributed by atoms with Gasteiger partial charge in [-0.2, -0.15) is 0 Å². The Bertz CT molecular complexity index is 1750. The summed E-state index contributed by atoms with van der Waals surface area (Å²) in [6.07, 6.45) is 1.44. The maximum Gasteiger partial charge on any atom is 0.300 e. The van der Waals surface area contributed by atoms with E-state index in [9.17, 15) is 14.4 Å². The van der Waals surface area contributed by atoms with Gasteiger partial charge in [-0.25, -0.2) is 9.97 Å². The van der Waals surface area contributed by atoms with Crippen molar-refractivity contribution in [2.24, 2.45) is 0 Å². The molecule has 0 saturated carbocycles. The first-order chi connectivity index (χ1) is 22.1. The maximum atomic E-state index is 13.6. The quantitative estimate of drug-likeness (QED) is 0.327. The van der Waals surface area contributed by atoms with Crippen LogP contribution in [0.25, 0.3) is 10.9 Å². The Morgan fingerprint density at radius 2 is 1.74 bits per heavy atom. The van der Waals surface area contributed by atoms with Gasteiger partial charge in [0.25, 0.3) is 17.8 Å². The summed E-state index contributed by atoms with van der Waals surface area (Å²) < 4.78 is 6.06. The standard InChI is InChI=1S/C32H33N5O4S.C2H4O2/c1-20-30(42-21(2)33-20)32(40)36-14-5-6-15-41-24-10-7-9-23(16-24)25-17-37(18-28(25)35-29(38)19-36)31(39)27-13-12-22-8-3-4-11-26(22)34-27;1-2(3)4/h3-4,7-13,16,25,28H,5-6,14-15,17-19H2,1-2H3,(H,35,38);1H3,(H,3,4)/t25-,28+;/m1./s1. The number of aromatic nitrogens is 2. The number of aliphatic carboxylic acids is 1. The van der Waals surface area contributed by atoms with E-state index in [-0.39, 0.29) is 36.2 Å². The fourth-order valence-corrected chi connectivity index (χ4v) is 6.67. The van der Waals surface area contributed by atoms with Crippen LogP contribution in [0.3, 0.4) is 0 Å². The Labute approximate surface area is 271 Å². The van der Waals surface area contributed by atoms with Crippen LogP contribution < -0.4 is 10.1 Å². The Hall–Kier alpha value is -4.84. The number of carboxylic acids is 1. The van der Waals surface area contributed by atoms with E-state index in [2.05, 4.69) is 15.3 Å². The summed E-state index contributed by atoms with van der Waals surface area (Å²) in [7, 11) is 0. The van der Waals surface area contributed by atoms with E-state index in [0.717, 1.165) is 40.6 Å². The average Bonchev–Trinajstić information content (AvgIpc) is 3.60. The molecular formula is C34H37N5O6S. The van der Waals surface area contributed by atoms with Crippen molar-refractivity contribution >= 4 is 45.9 Å². The van der Waals surface area contributed by atoms with Gasteiger partial charge < -0.3 is 25.0 Å². The summed E-state index contributed by atoms with van der Waals surface area (Å²) in [4.78, 5) is 62.6. The van der Waals surface area contributed by atoms with Crippen LogP contribution in [0.4, 0.5) is 0 Å². The Morgan fingerprint density at radius 3 is 2.50 bits per heavy atom. The highest BCUT2D eigenvalue weighted by molar-refractivity contribution is 7.13. The van der Waals surface area contributed by atoms with Crippen molar-refractivity contribution in [1.29, 1.82) is 0 Å². The van der Waals surface area contributed by atoms with Gasteiger partial charge in [-0.1, -0.05) is 36.4 Å². The maximum absolute atomic E-state index is 13.6. The van der Waals surface area contributed by atoms with Crippen LogP contribution in [0, 0.1) is 13.8 Å².